The third-order valence-electron chi connectivity index (χ3n) is 4.63. The van der Waals surface area contributed by atoms with Gasteiger partial charge in [-0.2, -0.15) is 4.31 Å². The van der Waals surface area contributed by atoms with Gasteiger partial charge < -0.3 is 9.57 Å². The van der Waals surface area contributed by atoms with Crippen LogP contribution in [0.15, 0.2) is 41.3 Å². The molecule has 4 rings (SSSR count). The van der Waals surface area contributed by atoms with E-state index in [0.717, 1.165) is 16.7 Å². The van der Waals surface area contributed by atoms with Crippen molar-refractivity contribution < 1.29 is 18.0 Å². The third kappa shape index (κ3) is 3.73. The van der Waals surface area contributed by atoms with Gasteiger partial charge in [0.15, 0.2) is 0 Å². The van der Waals surface area contributed by atoms with E-state index in [2.05, 4.69) is 16.4 Å². The first kappa shape index (κ1) is 18.9. The van der Waals surface area contributed by atoms with E-state index in [1.165, 1.54) is 9.15 Å². The number of benzene rings is 2. The average molecular weight is 402 g/mol. The van der Waals surface area contributed by atoms with Crippen LogP contribution in [0.25, 0.3) is 11.0 Å². The van der Waals surface area contributed by atoms with Gasteiger partial charge in [0, 0.05) is 13.1 Å². The second kappa shape index (κ2) is 7.50. The Kier molecular flexibility index (Phi) is 5.05. The molecule has 0 bridgehead atoms. The summed E-state index contributed by atoms with van der Waals surface area (Å²) in [5.41, 5.74) is 4.40. The maximum absolute atomic E-state index is 12.9. The van der Waals surface area contributed by atoms with Crippen molar-refractivity contribution in [2.75, 3.05) is 26.3 Å². The van der Waals surface area contributed by atoms with Crippen molar-refractivity contribution in [3.05, 3.63) is 53.1 Å². The standard InChI is InChI=1S/C19H22N4O4S/c1-14-9-15(2)11-16(10-14)13-27-23-19-12-17(3-4-18(19)20-21-23)28(24,25)22-5-7-26-8-6-22/h3-4,9-12H,5-8,13H2,1-2H3. The molecule has 1 aliphatic rings. The molecule has 0 aliphatic carbocycles. The van der Waals surface area contributed by atoms with E-state index in [0.29, 0.717) is 43.9 Å². The minimum Gasteiger partial charge on any atom is -0.390 e. The van der Waals surface area contributed by atoms with Crippen LogP contribution in [0.4, 0.5) is 0 Å². The van der Waals surface area contributed by atoms with Crippen LogP contribution in [0.3, 0.4) is 0 Å². The van der Waals surface area contributed by atoms with Gasteiger partial charge in [-0.05, 0) is 42.8 Å². The van der Waals surface area contributed by atoms with Crippen molar-refractivity contribution in [2.24, 2.45) is 0 Å². The predicted molar refractivity (Wildman–Crippen MR) is 103 cm³/mol. The summed E-state index contributed by atoms with van der Waals surface area (Å²) in [6.45, 7) is 5.87. The number of morpholine rings is 1. The van der Waals surface area contributed by atoms with Crippen molar-refractivity contribution in [1.82, 2.24) is 19.5 Å². The van der Waals surface area contributed by atoms with E-state index >= 15 is 0 Å². The number of hydrogen-bond acceptors (Lipinski definition) is 6. The Morgan fingerprint density at radius 3 is 2.50 bits per heavy atom. The van der Waals surface area contributed by atoms with E-state index in [1.807, 2.05) is 26.0 Å². The van der Waals surface area contributed by atoms with Crippen LogP contribution in [0, 0.1) is 13.8 Å². The second-order valence-corrected chi connectivity index (χ2v) is 8.84. The molecule has 2 aromatic carbocycles. The van der Waals surface area contributed by atoms with Crippen molar-refractivity contribution in [1.29, 1.82) is 0 Å². The van der Waals surface area contributed by atoms with E-state index in [4.69, 9.17) is 9.57 Å². The number of aryl methyl sites for hydroxylation is 2. The van der Waals surface area contributed by atoms with Gasteiger partial charge in [0.2, 0.25) is 10.0 Å². The SMILES string of the molecule is Cc1cc(C)cc(COn2nnc3ccc(S(=O)(=O)N4CCOCC4)cc32)c1. The molecule has 0 N–H and O–H groups in total. The molecule has 148 valence electrons. The molecule has 0 radical (unpaired) electrons. The van der Waals surface area contributed by atoms with Crippen LogP contribution in [-0.4, -0.2) is 54.2 Å². The monoisotopic (exact) mass is 402 g/mol. The fraction of sp³-hybridized carbons (Fsp3) is 0.368. The van der Waals surface area contributed by atoms with Gasteiger partial charge in [-0.15, -0.1) is 5.10 Å². The van der Waals surface area contributed by atoms with Crippen molar-refractivity contribution in [3.63, 3.8) is 0 Å². The lowest BCUT2D eigenvalue weighted by Gasteiger charge is -2.26. The molecule has 2 heterocycles. The molecular formula is C19H22N4O4S. The molecule has 1 fully saturated rings. The number of hydrogen-bond donors (Lipinski definition) is 0. The summed E-state index contributed by atoms with van der Waals surface area (Å²) in [4.78, 5) is 7.26. The fourth-order valence-corrected chi connectivity index (χ4v) is 4.79. The summed E-state index contributed by atoms with van der Waals surface area (Å²) in [5.74, 6) is 0. The Balaban J connectivity index is 1.61. The lowest BCUT2D eigenvalue weighted by Crippen LogP contribution is -2.40. The minimum absolute atomic E-state index is 0.195. The minimum atomic E-state index is -3.60. The van der Waals surface area contributed by atoms with Crippen LogP contribution < -0.4 is 4.84 Å². The number of rotatable bonds is 5. The van der Waals surface area contributed by atoms with Crippen molar-refractivity contribution >= 4 is 21.1 Å². The summed E-state index contributed by atoms with van der Waals surface area (Å²) in [7, 11) is -3.60. The highest BCUT2D eigenvalue weighted by Crippen LogP contribution is 2.21. The first-order valence-electron chi connectivity index (χ1n) is 9.07. The first-order valence-corrected chi connectivity index (χ1v) is 10.5. The molecule has 0 saturated carbocycles. The molecule has 1 aliphatic heterocycles. The summed E-state index contributed by atoms with van der Waals surface area (Å²) < 4.78 is 32.5. The second-order valence-electron chi connectivity index (χ2n) is 6.90. The smallest absolute Gasteiger partial charge is 0.243 e. The molecule has 0 spiro atoms. The van der Waals surface area contributed by atoms with Crippen molar-refractivity contribution in [3.8, 4) is 0 Å². The largest absolute Gasteiger partial charge is 0.390 e. The fourth-order valence-electron chi connectivity index (χ4n) is 3.36. The van der Waals surface area contributed by atoms with Gasteiger partial charge in [-0.25, -0.2) is 8.42 Å². The van der Waals surface area contributed by atoms with Gasteiger partial charge >= 0.3 is 0 Å². The predicted octanol–water partition coefficient (Wildman–Crippen LogP) is 1.70. The highest BCUT2D eigenvalue weighted by molar-refractivity contribution is 7.89. The maximum Gasteiger partial charge on any atom is 0.243 e. The molecule has 1 saturated heterocycles. The number of sulfonamides is 1. The molecule has 0 amide bonds. The summed E-state index contributed by atoms with van der Waals surface area (Å²) in [6.07, 6.45) is 0. The topological polar surface area (TPSA) is 86.5 Å². The van der Waals surface area contributed by atoms with Crippen LogP contribution in [-0.2, 0) is 21.4 Å². The Morgan fingerprint density at radius 2 is 1.79 bits per heavy atom. The highest BCUT2D eigenvalue weighted by atomic mass is 32.2. The molecule has 9 heteroatoms. The molecule has 1 aromatic heterocycles. The summed E-state index contributed by atoms with van der Waals surface area (Å²) in [6, 6.07) is 10.9. The normalized spacial score (nSPS) is 15.8. The van der Waals surface area contributed by atoms with Gasteiger partial charge in [0.25, 0.3) is 0 Å². The van der Waals surface area contributed by atoms with Gasteiger partial charge in [0.05, 0.1) is 18.1 Å². The maximum atomic E-state index is 12.9. The van der Waals surface area contributed by atoms with Gasteiger partial charge in [-0.3, -0.25) is 0 Å². The summed E-state index contributed by atoms with van der Waals surface area (Å²) >= 11 is 0. The van der Waals surface area contributed by atoms with Crippen molar-refractivity contribution in [2.45, 2.75) is 25.3 Å². The molecule has 0 unspecified atom stereocenters. The first-order chi connectivity index (χ1) is 13.4. The third-order valence-corrected chi connectivity index (χ3v) is 6.52. The van der Waals surface area contributed by atoms with Crippen LogP contribution >= 0.6 is 0 Å². The number of fused-ring (bicyclic) bond motifs is 1. The zero-order chi connectivity index (χ0) is 19.7. The van der Waals surface area contributed by atoms with E-state index in [9.17, 15) is 8.42 Å². The van der Waals surface area contributed by atoms with E-state index in [-0.39, 0.29) is 4.90 Å². The quantitative estimate of drug-likeness (QED) is 0.646. The molecule has 3 aromatic rings. The number of aromatic nitrogens is 3. The lowest BCUT2D eigenvalue weighted by atomic mass is 10.1. The molecule has 28 heavy (non-hydrogen) atoms. The van der Waals surface area contributed by atoms with Gasteiger partial charge in [0.1, 0.15) is 17.6 Å². The lowest BCUT2D eigenvalue weighted by molar-refractivity contribution is 0.0729. The average Bonchev–Trinajstić information content (AvgIpc) is 3.08. The van der Waals surface area contributed by atoms with E-state index < -0.39 is 10.0 Å². The van der Waals surface area contributed by atoms with Crippen LogP contribution in [0.2, 0.25) is 0 Å². The number of ether oxygens (including phenoxy) is 1. The number of nitrogens with zero attached hydrogens (tertiary/aromatic N) is 4. The van der Waals surface area contributed by atoms with Crippen LogP contribution in [0.1, 0.15) is 16.7 Å². The Hall–Kier alpha value is -2.49. The Bertz CT molecular complexity index is 1080. The highest BCUT2D eigenvalue weighted by Gasteiger charge is 2.27. The van der Waals surface area contributed by atoms with E-state index in [1.54, 1.807) is 18.2 Å². The zero-order valence-electron chi connectivity index (χ0n) is 15.8. The Labute approximate surface area is 163 Å². The summed E-state index contributed by atoms with van der Waals surface area (Å²) in [5, 5.41) is 8.07. The zero-order valence-corrected chi connectivity index (χ0v) is 16.6. The Morgan fingerprint density at radius 1 is 1.07 bits per heavy atom. The molecule has 0 atom stereocenters. The molecule has 8 nitrogen and oxygen atoms in total. The van der Waals surface area contributed by atoms with Gasteiger partial charge in [-0.1, -0.05) is 34.2 Å². The van der Waals surface area contributed by atoms with Crippen LogP contribution in [0.5, 0.6) is 0 Å². The molecular weight excluding hydrogens is 380 g/mol.